The Kier molecular flexibility index (Phi) is 9.42. The van der Waals surface area contributed by atoms with E-state index in [1.807, 2.05) is 0 Å². The van der Waals surface area contributed by atoms with Gasteiger partial charge in [0, 0.05) is 19.2 Å². The Morgan fingerprint density at radius 1 is 1.14 bits per heavy atom. The van der Waals surface area contributed by atoms with Gasteiger partial charge in [0.2, 0.25) is 0 Å². The Morgan fingerprint density at radius 2 is 1.86 bits per heavy atom. The zero-order valence-corrected chi connectivity index (χ0v) is 10.3. The molecule has 0 aromatic carbocycles. The lowest BCUT2D eigenvalue weighted by Gasteiger charge is -2.22. The number of hydrogen-bond donors (Lipinski definition) is 1. The Bertz CT molecular complexity index is 117. The maximum Gasteiger partial charge on any atom is 0.0613 e. The van der Waals surface area contributed by atoms with E-state index in [2.05, 4.69) is 26.1 Å². The molecule has 86 valence electrons. The summed E-state index contributed by atoms with van der Waals surface area (Å²) in [6.45, 7) is 7.51. The number of rotatable bonds is 9. The molecule has 0 radical (unpaired) electrons. The highest BCUT2D eigenvalue weighted by atomic mass is 16.5. The normalized spacial score (nSPS) is 15.4. The number of nitrogens with one attached hydrogen (secondary N) is 1. The molecule has 14 heavy (non-hydrogen) atoms. The van der Waals surface area contributed by atoms with Crippen molar-refractivity contribution in [2.75, 3.05) is 13.7 Å². The van der Waals surface area contributed by atoms with Crippen molar-refractivity contribution >= 4 is 0 Å². The van der Waals surface area contributed by atoms with E-state index in [0.717, 1.165) is 6.61 Å². The van der Waals surface area contributed by atoms with Gasteiger partial charge in [-0.05, 0) is 19.8 Å². The highest BCUT2D eigenvalue weighted by Gasteiger charge is 2.10. The summed E-state index contributed by atoms with van der Waals surface area (Å²) >= 11 is 0. The molecule has 0 aliphatic carbocycles. The molecule has 2 heteroatoms. The van der Waals surface area contributed by atoms with Gasteiger partial charge in [-0.15, -0.1) is 0 Å². The van der Waals surface area contributed by atoms with Crippen molar-refractivity contribution < 1.29 is 4.74 Å². The lowest BCUT2D eigenvalue weighted by Crippen LogP contribution is -2.39. The molecule has 0 spiro atoms. The molecule has 0 aliphatic rings. The largest absolute Gasteiger partial charge is 0.383 e. The Morgan fingerprint density at radius 3 is 2.36 bits per heavy atom. The summed E-state index contributed by atoms with van der Waals surface area (Å²) in [5, 5.41) is 3.63. The van der Waals surface area contributed by atoms with Gasteiger partial charge in [0.1, 0.15) is 0 Å². The number of hydrogen-bond acceptors (Lipinski definition) is 2. The van der Waals surface area contributed by atoms with Gasteiger partial charge >= 0.3 is 0 Å². The molecule has 0 aromatic heterocycles. The zero-order valence-electron chi connectivity index (χ0n) is 10.3. The monoisotopic (exact) mass is 201 g/mol. The third kappa shape index (κ3) is 7.34. The standard InChI is InChI=1S/C12H27NO/c1-5-7-9-12(8-6-2)13-11(3)10-14-4/h11-13H,5-10H2,1-4H3. The van der Waals surface area contributed by atoms with Crippen LogP contribution >= 0.6 is 0 Å². The predicted octanol–water partition coefficient (Wildman–Crippen LogP) is 2.97. The number of ether oxygens (including phenoxy) is 1. The van der Waals surface area contributed by atoms with Crippen molar-refractivity contribution in [2.24, 2.45) is 0 Å². The van der Waals surface area contributed by atoms with Crippen LogP contribution in [0.3, 0.4) is 0 Å². The summed E-state index contributed by atoms with van der Waals surface area (Å²) < 4.78 is 5.12. The maximum absolute atomic E-state index is 5.12. The molecule has 0 rings (SSSR count). The molecular weight excluding hydrogens is 174 g/mol. The first kappa shape index (κ1) is 13.9. The Balaban J connectivity index is 3.69. The van der Waals surface area contributed by atoms with E-state index in [0.29, 0.717) is 12.1 Å². The predicted molar refractivity (Wildman–Crippen MR) is 62.7 cm³/mol. The lowest BCUT2D eigenvalue weighted by molar-refractivity contribution is 0.164. The quantitative estimate of drug-likeness (QED) is 0.619. The van der Waals surface area contributed by atoms with Gasteiger partial charge < -0.3 is 10.1 Å². The minimum Gasteiger partial charge on any atom is -0.383 e. The van der Waals surface area contributed by atoms with Crippen molar-refractivity contribution in [1.29, 1.82) is 0 Å². The van der Waals surface area contributed by atoms with Gasteiger partial charge in [-0.2, -0.15) is 0 Å². The second-order valence-corrected chi connectivity index (χ2v) is 4.15. The van der Waals surface area contributed by atoms with E-state index >= 15 is 0 Å². The van der Waals surface area contributed by atoms with Gasteiger partial charge in [-0.1, -0.05) is 33.1 Å². The van der Waals surface area contributed by atoms with Gasteiger partial charge in [-0.25, -0.2) is 0 Å². The highest BCUT2D eigenvalue weighted by Crippen LogP contribution is 2.07. The second kappa shape index (κ2) is 9.47. The molecule has 0 fully saturated rings. The molecule has 0 saturated heterocycles. The third-order valence-corrected chi connectivity index (χ3v) is 2.48. The fourth-order valence-electron chi connectivity index (χ4n) is 1.81. The summed E-state index contributed by atoms with van der Waals surface area (Å²) in [5.74, 6) is 0. The Hall–Kier alpha value is -0.0800. The molecule has 2 nitrogen and oxygen atoms in total. The third-order valence-electron chi connectivity index (χ3n) is 2.48. The average molecular weight is 201 g/mol. The second-order valence-electron chi connectivity index (χ2n) is 4.15. The summed E-state index contributed by atoms with van der Waals surface area (Å²) in [4.78, 5) is 0. The molecule has 0 heterocycles. The highest BCUT2D eigenvalue weighted by molar-refractivity contribution is 4.70. The van der Waals surface area contributed by atoms with Crippen molar-refractivity contribution in [3.8, 4) is 0 Å². The molecule has 0 bridgehead atoms. The summed E-state index contributed by atoms with van der Waals surface area (Å²) in [6, 6.07) is 1.17. The summed E-state index contributed by atoms with van der Waals surface area (Å²) in [7, 11) is 1.76. The lowest BCUT2D eigenvalue weighted by atomic mass is 10.0. The van der Waals surface area contributed by atoms with Crippen molar-refractivity contribution in [3.05, 3.63) is 0 Å². The van der Waals surface area contributed by atoms with Crippen LogP contribution in [0.15, 0.2) is 0 Å². The minimum absolute atomic E-state index is 0.480. The topological polar surface area (TPSA) is 21.3 Å². The fraction of sp³-hybridized carbons (Fsp3) is 1.00. The van der Waals surface area contributed by atoms with E-state index in [1.165, 1.54) is 32.1 Å². The number of methoxy groups -OCH3 is 1. The first-order valence-corrected chi connectivity index (χ1v) is 5.99. The zero-order chi connectivity index (χ0) is 10.8. The van der Waals surface area contributed by atoms with Crippen LogP contribution in [-0.2, 0) is 4.74 Å². The molecule has 0 saturated carbocycles. The SMILES string of the molecule is CCCCC(CCC)NC(C)COC. The van der Waals surface area contributed by atoms with Gasteiger partial charge in [0.15, 0.2) is 0 Å². The molecule has 0 aromatic rings. The summed E-state index contributed by atoms with van der Waals surface area (Å²) in [5.41, 5.74) is 0. The van der Waals surface area contributed by atoms with Gasteiger partial charge in [0.25, 0.3) is 0 Å². The van der Waals surface area contributed by atoms with E-state index in [4.69, 9.17) is 4.74 Å². The van der Waals surface area contributed by atoms with Gasteiger partial charge in [0.05, 0.1) is 6.61 Å². The van der Waals surface area contributed by atoms with E-state index < -0.39 is 0 Å². The maximum atomic E-state index is 5.12. The smallest absolute Gasteiger partial charge is 0.0613 e. The molecule has 0 amide bonds. The molecule has 2 atom stereocenters. The van der Waals surface area contributed by atoms with Crippen LogP contribution in [0.1, 0.15) is 52.9 Å². The van der Waals surface area contributed by atoms with Crippen molar-refractivity contribution in [2.45, 2.75) is 65.0 Å². The van der Waals surface area contributed by atoms with Crippen LogP contribution in [0.25, 0.3) is 0 Å². The van der Waals surface area contributed by atoms with Crippen LogP contribution in [0.2, 0.25) is 0 Å². The first-order valence-electron chi connectivity index (χ1n) is 5.99. The molecule has 2 unspecified atom stereocenters. The van der Waals surface area contributed by atoms with Crippen LogP contribution in [0.4, 0.5) is 0 Å². The molecular formula is C12H27NO. The van der Waals surface area contributed by atoms with Crippen LogP contribution in [-0.4, -0.2) is 25.8 Å². The number of unbranched alkanes of at least 4 members (excludes halogenated alkanes) is 1. The van der Waals surface area contributed by atoms with Crippen LogP contribution in [0.5, 0.6) is 0 Å². The Labute approximate surface area is 89.4 Å². The van der Waals surface area contributed by atoms with Gasteiger partial charge in [-0.3, -0.25) is 0 Å². The van der Waals surface area contributed by atoms with Crippen molar-refractivity contribution in [3.63, 3.8) is 0 Å². The van der Waals surface area contributed by atoms with E-state index in [-0.39, 0.29) is 0 Å². The van der Waals surface area contributed by atoms with E-state index in [1.54, 1.807) is 7.11 Å². The molecule has 0 aliphatic heterocycles. The van der Waals surface area contributed by atoms with E-state index in [9.17, 15) is 0 Å². The van der Waals surface area contributed by atoms with Crippen LogP contribution < -0.4 is 5.32 Å². The first-order chi connectivity index (χ1) is 6.74. The van der Waals surface area contributed by atoms with Crippen LogP contribution in [0, 0.1) is 0 Å². The summed E-state index contributed by atoms with van der Waals surface area (Å²) in [6.07, 6.45) is 6.48. The van der Waals surface area contributed by atoms with Crippen molar-refractivity contribution in [1.82, 2.24) is 5.32 Å². The minimum atomic E-state index is 0.480. The fourth-order valence-corrected chi connectivity index (χ4v) is 1.81. The average Bonchev–Trinajstić information content (AvgIpc) is 2.15. The molecule has 1 N–H and O–H groups in total.